The van der Waals surface area contributed by atoms with E-state index < -0.39 is 0 Å². The molecule has 1 aliphatic rings. The van der Waals surface area contributed by atoms with E-state index in [0.717, 1.165) is 16.8 Å². The van der Waals surface area contributed by atoms with Gasteiger partial charge in [-0.3, -0.25) is 0 Å². The van der Waals surface area contributed by atoms with Crippen molar-refractivity contribution < 1.29 is 24.1 Å². The minimum absolute atomic E-state index is 0.134. The summed E-state index contributed by atoms with van der Waals surface area (Å²) in [5, 5.41) is 19.7. The Balaban J connectivity index is 1.71. The maximum atomic E-state index is 10.4. The summed E-state index contributed by atoms with van der Waals surface area (Å²) in [5.74, 6) is 1.11. The molecule has 0 amide bonds. The summed E-state index contributed by atoms with van der Waals surface area (Å²) in [6.45, 7) is 3.95. The fraction of sp³-hybridized carbons (Fsp3) is 0.455. The van der Waals surface area contributed by atoms with Gasteiger partial charge in [0.1, 0.15) is 30.3 Å². The van der Waals surface area contributed by atoms with E-state index >= 15 is 0 Å². The predicted octanol–water partition coefficient (Wildman–Crippen LogP) is 2.81. The molecule has 1 saturated heterocycles. The molecule has 7 nitrogen and oxygen atoms in total. The Bertz CT molecular complexity index is 872. The summed E-state index contributed by atoms with van der Waals surface area (Å²) in [4.78, 5) is 4.61. The van der Waals surface area contributed by atoms with E-state index in [4.69, 9.17) is 18.9 Å². The van der Waals surface area contributed by atoms with E-state index in [-0.39, 0.29) is 11.9 Å². The second kappa shape index (κ2) is 10.1. The monoisotopic (exact) mass is 398 g/mol. The van der Waals surface area contributed by atoms with Crippen molar-refractivity contribution in [3.05, 3.63) is 46.6 Å². The molecule has 29 heavy (non-hydrogen) atoms. The van der Waals surface area contributed by atoms with Gasteiger partial charge in [0.2, 0.25) is 5.88 Å². The summed E-state index contributed by atoms with van der Waals surface area (Å²) in [7, 11) is 1.55. The highest BCUT2D eigenvalue weighted by Gasteiger charge is 2.17. The van der Waals surface area contributed by atoms with Crippen LogP contribution in [0.2, 0.25) is 0 Å². The van der Waals surface area contributed by atoms with Gasteiger partial charge in [-0.1, -0.05) is 13.0 Å². The standard InChI is InChI=1S/C22H26N2O5/c1-3-18-19(6-4-15-5-7-21(26-2)16(10-15)12-23)24-22(11-20(18)25)29-14-17-13-27-8-9-28-17/h5,7,10-11,17H,3-4,6,8-9,13-14H2,1-2H3,(H,24,25)/t17-/m0/s1. The second-order valence-electron chi connectivity index (χ2n) is 6.78. The van der Waals surface area contributed by atoms with Crippen LogP contribution in [0.15, 0.2) is 24.3 Å². The van der Waals surface area contributed by atoms with Crippen LogP contribution in [0.25, 0.3) is 0 Å². The third-order valence-corrected chi connectivity index (χ3v) is 4.85. The predicted molar refractivity (Wildman–Crippen MR) is 106 cm³/mol. The SMILES string of the molecule is CCc1c(O)cc(OC[C@@H]2COCCO2)nc1CCc1ccc(OC)c(C#N)c1. The number of hydrogen-bond donors (Lipinski definition) is 1. The molecule has 7 heteroatoms. The van der Waals surface area contributed by atoms with Crippen molar-refractivity contribution in [2.24, 2.45) is 0 Å². The van der Waals surface area contributed by atoms with E-state index in [1.807, 2.05) is 19.1 Å². The van der Waals surface area contributed by atoms with Crippen LogP contribution in [0.4, 0.5) is 0 Å². The third-order valence-electron chi connectivity index (χ3n) is 4.85. The lowest BCUT2D eigenvalue weighted by Gasteiger charge is -2.23. The van der Waals surface area contributed by atoms with E-state index in [1.165, 1.54) is 0 Å². The van der Waals surface area contributed by atoms with Gasteiger partial charge in [-0.2, -0.15) is 5.26 Å². The van der Waals surface area contributed by atoms with Crippen LogP contribution < -0.4 is 9.47 Å². The molecule has 3 rings (SSSR count). The normalized spacial score (nSPS) is 16.2. The van der Waals surface area contributed by atoms with Crippen LogP contribution >= 0.6 is 0 Å². The topological polar surface area (TPSA) is 93.8 Å². The second-order valence-corrected chi connectivity index (χ2v) is 6.78. The largest absolute Gasteiger partial charge is 0.507 e. The number of ether oxygens (including phenoxy) is 4. The van der Waals surface area contributed by atoms with Gasteiger partial charge >= 0.3 is 0 Å². The fourth-order valence-corrected chi connectivity index (χ4v) is 3.32. The van der Waals surface area contributed by atoms with Crippen LogP contribution in [0.1, 0.15) is 29.3 Å². The number of aromatic nitrogens is 1. The van der Waals surface area contributed by atoms with E-state index in [9.17, 15) is 10.4 Å². The molecule has 2 aromatic rings. The molecule has 0 saturated carbocycles. The van der Waals surface area contributed by atoms with Gasteiger partial charge in [-0.15, -0.1) is 0 Å². The van der Waals surface area contributed by atoms with Gasteiger partial charge in [0.05, 0.1) is 38.2 Å². The maximum absolute atomic E-state index is 10.4. The highest BCUT2D eigenvalue weighted by molar-refractivity contribution is 5.46. The molecule has 154 valence electrons. The number of aromatic hydroxyl groups is 1. The van der Waals surface area contributed by atoms with Crippen LogP contribution in [0.5, 0.6) is 17.4 Å². The third kappa shape index (κ3) is 5.37. The van der Waals surface area contributed by atoms with Crippen LogP contribution in [0.3, 0.4) is 0 Å². The first-order chi connectivity index (χ1) is 14.1. The number of benzene rings is 1. The van der Waals surface area contributed by atoms with Gasteiger partial charge in [0.15, 0.2) is 0 Å². The van der Waals surface area contributed by atoms with Crippen molar-refractivity contribution in [2.75, 3.05) is 33.5 Å². The quantitative estimate of drug-likeness (QED) is 0.731. The number of nitrogens with zero attached hydrogens (tertiary/aromatic N) is 2. The van der Waals surface area contributed by atoms with Crippen LogP contribution in [0, 0.1) is 11.3 Å². The molecule has 0 aliphatic carbocycles. The molecule has 0 bridgehead atoms. The lowest BCUT2D eigenvalue weighted by Crippen LogP contribution is -2.33. The number of pyridine rings is 1. The molecule has 1 atom stereocenters. The zero-order valence-corrected chi connectivity index (χ0v) is 16.8. The summed E-state index contributed by atoms with van der Waals surface area (Å²) >= 11 is 0. The average Bonchev–Trinajstić information content (AvgIpc) is 2.76. The van der Waals surface area contributed by atoms with E-state index in [1.54, 1.807) is 19.2 Å². The Morgan fingerprint density at radius 1 is 1.28 bits per heavy atom. The number of aryl methyl sites for hydroxylation is 2. The molecular weight excluding hydrogens is 372 g/mol. The van der Waals surface area contributed by atoms with Gasteiger partial charge in [-0.25, -0.2) is 4.98 Å². The molecule has 1 aromatic heterocycles. The Kier molecular flexibility index (Phi) is 7.28. The lowest BCUT2D eigenvalue weighted by atomic mass is 10.0. The minimum atomic E-state index is -0.134. The maximum Gasteiger partial charge on any atom is 0.217 e. The molecule has 1 N–H and O–H groups in total. The van der Waals surface area contributed by atoms with Gasteiger partial charge in [-0.05, 0) is 37.0 Å². The van der Waals surface area contributed by atoms with Crippen LogP contribution in [-0.4, -0.2) is 49.7 Å². The lowest BCUT2D eigenvalue weighted by molar-refractivity contribution is -0.102. The highest BCUT2D eigenvalue weighted by Crippen LogP contribution is 2.27. The molecule has 0 radical (unpaired) electrons. The summed E-state index contributed by atoms with van der Waals surface area (Å²) < 4.78 is 21.9. The van der Waals surface area contributed by atoms with Crippen molar-refractivity contribution in [3.8, 4) is 23.4 Å². The Morgan fingerprint density at radius 3 is 2.83 bits per heavy atom. The average molecular weight is 398 g/mol. The molecule has 0 unspecified atom stereocenters. The van der Waals surface area contributed by atoms with Crippen molar-refractivity contribution >= 4 is 0 Å². The molecule has 0 spiro atoms. The first-order valence-electron chi connectivity index (χ1n) is 9.75. The Labute approximate surface area is 170 Å². The van der Waals surface area contributed by atoms with Crippen LogP contribution in [-0.2, 0) is 28.7 Å². The van der Waals surface area contributed by atoms with Crippen molar-refractivity contribution in [1.29, 1.82) is 5.26 Å². The Morgan fingerprint density at radius 2 is 2.14 bits per heavy atom. The fourth-order valence-electron chi connectivity index (χ4n) is 3.32. The highest BCUT2D eigenvalue weighted by atomic mass is 16.6. The number of rotatable bonds is 8. The van der Waals surface area contributed by atoms with Crippen molar-refractivity contribution in [2.45, 2.75) is 32.3 Å². The first-order valence-corrected chi connectivity index (χ1v) is 9.75. The van der Waals surface area contributed by atoms with Gasteiger partial charge in [0, 0.05) is 11.6 Å². The molecule has 1 fully saturated rings. The summed E-state index contributed by atoms with van der Waals surface area (Å²) in [5.41, 5.74) is 3.11. The zero-order chi connectivity index (χ0) is 20.6. The van der Waals surface area contributed by atoms with Gasteiger partial charge < -0.3 is 24.1 Å². The van der Waals surface area contributed by atoms with Crippen molar-refractivity contribution in [1.82, 2.24) is 4.98 Å². The smallest absolute Gasteiger partial charge is 0.217 e. The van der Waals surface area contributed by atoms with Crippen molar-refractivity contribution in [3.63, 3.8) is 0 Å². The number of hydrogen-bond acceptors (Lipinski definition) is 7. The van der Waals surface area contributed by atoms with E-state index in [0.29, 0.717) is 62.9 Å². The van der Waals surface area contributed by atoms with E-state index in [2.05, 4.69) is 11.1 Å². The first kappa shape index (κ1) is 20.9. The number of methoxy groups -OCH3 is 1. The Hall–Kier alpha value is -2.82. The molecule has 1 aliphatic heterocycles. The molecule has 2 heterocycles. The van der Waals surface area contributed by atoms with Gasteiger partial charge in [0.25, 0.3) is 0 Å². The number of nitriles is 1. The minimum Gasteiger partial charge on any atom is -0.507 e. The molecular formula is C22H26N2O5. The summed E-state index contributed by atoms with van der Waals surface area (Å²) in [6, 6.07) is 9.26. The summed E-state index contributed by atoms with van der Waals surface area (Å²) in [6.07, 6.45) is 1.83. The molecule has 1 aromatic carbocycles. The zero-order valence-electron chi connectivity index (χ0n) is 16.8.